The molecule has 2 aliphatic rings. The summed E-state index contributed by atoms with van der Waals surface area (Å²) in [5.74, 6) is -0.538. The zero-order valence-electron chi connectivity index (χ0n) is 15.6. The normalized spacial score (nSPS) is 26.5. The van der Waals surface area contributed by atoms with E-state index in [-0.39, 0.29) is 26.2 Å². The van der Waals surface area contributed by atoms with Crippen LogP contribution in [0.25, 0.3) is 0 Å². The topological polar surface area (TPSA) is 118 Å². The minimum Gasteiger partial charge on any atom is -0.465 e. The Morgan fingerprint density at radius 3 is 2.78 bits per heavy atom. The Balaban J connectivity index is 1.83. The third-order valence-corrected chi connectivity index (χ3v) is 7.19. The molecule has 0 radical (unpaired) electrons. The van der Waals surface area contributed by atoms with E-state index in [9.17, 15) is 18.0 Å². The fourth-order valence-corrected chi connectivity index (χ4v) is 4.77. The number of aryl methyl sites for hydroxylation is 1. The number of hydrogen-bond donors (Lipinski definition) is 2. The third-order valence-electron chi connectivity index (χ3n) is 5.00. The van der Waals surface area contributed by atoms with Crippen molar-refractivity contribution in [3.05, 3.63) is 23.7 Å². The van der Waals surface area contributed by atoms with Crippen LogP contribution in [-0.2, 0) is 30.9 Å². The monoisotopic (exact) mass is 399 g/mol. The number of nitrogens with one attached hydrogen (secondary N) is 2. The standard InChI is InChI=1S/C17H25N3O6S/c1-11(2)27(23,24)20-9-14(17(10-20)16(22)18-6-7-25-17)15(21)19-8-13-5-4-12(3)26-13/h4-5,11,14H,6-10H2,1-3H3,(H,18,22)(H,19,21)/t14-,17-/m1/s1. The van der Waals surface area contributed by atoms with Crippen LogP contribution in [0.15, 0.2) is 16.5 Å². The van der Waals surface area contributed by atoms with E-state index < -0.39 is 38.6 Å². The highest BCUT2D eigenvalue weighted by molar-refractivity contribution is 7.89. The summed E-state index contributed by atoms with van der Waals surface area (Å²) in [6.07, 6.45) is 0. The van der Waals surface area contributed by atoms with Gasteiger partial charge in [-0.1, -0.05) is 0 Å². The highest BCUT2D eigenvalue weighted by Gasteiger charge is 2.59. The Morgan fingerprint density at radius 2 is 2.19 bits per heavy atom. The maximum absolute atomic E-state index is 12.9. The molecule has 27 heavy (non-hydrogen) atoms. The lowest BCUT2D eigenvalue weighted by atomic mass is 9.88. The van der Waals surface area contributed by atoms with Crippen molar-refractivity contribution in [1.29, 1.82) is 0 Å². The first-order valence-electron chi connectivity index (χ1n) is 8.91. The van der Waals surface area contributed by atoms with E-state index in [4.69, 9.17) is 9.15 Å². The molecule has 0 unspecified atom stereocenters. The van der Waals surface area contributed by atoms with Crippen LogP contribution in [0, 0.1) is 12.8 Å². The predicted molar refractivity (Wildman–Crippen MR) is 96.1 cm³/mol. The molecule has 1 aromatic rings. The Kier molecular flexibility index (Phi) is 5.33. The summed E-state index contributed by atoms with van der Waals surface area (Å²) in [5.41, 5.74) is -1.51. The van der Waals surface area contributed by atoms with Gasteiger partial charge in [-0.3, -0.25) is 9.59 Å². The fraction of sp³-hybridized carbons (Fsp3) is 0.647. The van der Waals surface area contributed by atoms with Crippen LogP contribution in [-0.4, -0.2) is 61.6 Å². The molecule has 0 bridgehead atoms. The maximum Gasteiger partial charge on any atom is 0.254 e. The molecule has 2 amide bonds. The average molecular weight is 399 g/mol. The van der Waals surface area contributed by atoms with Crippen molar-refractivity contribution in [2.45, 2.75) is 38.2 Å². The van der Waals surface area contributed by atoms with Gasteiger partial charge < -0.3 is 19.8 Å². The smallest absolute Gasteiger partial charge is 0.254 e. The first-order chi connectivity index (χ1) is 12.7. The minimum absolute atomic E-state index is 0.100. The van der Waals surface area contributed by atoms with Crippen molar-refractivity contribution >= 4 is 21.8 Å². The molecular formula is C17H25N3O6S. The van der Waals surface area contributed by atoms with Gasteiger partial charge in [0.15, 0.2) is 5.60 Å². The van der Waals surface area contributed by atoms with E-state index in [1.807, 2.05) is 0 Å². The van der Waals surface area contributed by atoms with Crippen molar-refractivity contribution in [1.82, 2.24) is 14.9 Å². The fourth-order valence-electron chi connectivity index (χ4n) is 3.44. The molecule has 9 nitrogen and oxygen atoms in total. The lowest BCUT2D eigenvalue weighted by Crippen LogP contribution is -2.62. The van der Waals surface area contributed by atoms with Gasteiger partial charge in [0.05, 0.1) is 30.9 Å². The van der Waals surface area contributed by atoms with Crippen LogP contribution < -0.4 is 10.6 Å². The summed E-state index contributed by atoms with van der Waals surface area (Å²) in [6, 6.07) is 3.53. The summed E-state index contributed by atoms with van der Waals surface area (Å²) in [7, 11) is -3.63. The Hall–Kier alpha value is -1.91. The van der Waals surface area contributed by atoms with E-state index in [1.54, 1.807) is 32.9 Å². The molecule has 2 fully saturated rings. The number of carbonyl (C=O) groups is 2. The molecule has 2 N–H and O–H groups in total. The molecule has 1 aromatic heterocycles. The summed E-state index contributed by atoms with van der Waals surface area (Å²) < 4.78 is 37.6. The number of furan rings is 1. The highest BCUT2D eigenvalue weighted by Crippen LogP contribution is 2.36. The summed E-state index contributed by atoms with van der Waals surface area (Å²) in [4.78, 5) is 25.4. The summed E-state index contributed by atoms with van der Waals surface area (Å²) in [6.45, 7) is 5.37. The number of ether oxygens (including phenoxy) is 1. The molecule has 1 spiro atoms. The van der Waals surface area contributed by atoms with Crippen molar-refractivity contribution in [2.75, 3.05) is 26.2 Å². The van der Waals surface area contributed by atoms with E-state index in [1.165, 1.54) is 4.31 Å². The van der Waals surface area contributed by atoms with E-state index >= 15 is 0 Å². The molecule has 150 valence electrons. The van der Waals surface area contributed by atoms with Crippen LogP contribution in [0.1, 0.15) is 25.4 Å². The molecule has 10 heteroatoms. The third kappa shape index (κ3) is 3.61. The number of hydrogen-bond acceptors (Lipinski definition) is 6. The van der Waals surface area contributed by atoms with Gasteiger partial charge in [-0.2, -0.15) is 4.31 Å². The van der Waals surface area contributed by atoms with Crippen molar-refractivity contribution < 1.29 is 27.2 Å². The largest absolute Gasteiger partial charge is 0.465 e. The zero-order chi connectivity index (χ0) is 19.8. The summed E-state index contributed by atoms with van der Waals surface area (Å²) >= 11 is 0. The lowest BCUT2D eigenvalue weighted by Gasteiger charge is -2.36. The number of morpholine rings is 1. The first kappa shape index (κ1) is 19.8. The molecule has 3 heterocycles. The van der Waals surface area contributed by atoms with E-state index in [0.29, 0.717) is 12.3 Å². The second-order valence-electron chi connectivity index (χ2n) is 7.16. The number of nitrogens with zero attached hydrogens (tertiary/aromatic N) is 1. The minimum atomic E-state index is -3.63. The van der Waals surface area contributed by atoms with E-state index in [2.05, 4.69) is 10.6 Å². The molecule has 3 rings (SSSR count). The number of amides is 2. The first-order valence-corrected chi connectivity index (χ1v) is 10.4. The van der Waals surface area contributed by atoms with Gasteiger partial charge in [-0.05, 0) is 32.9 Å². The Labute approximate surface area is 158 Å². The van der Waals surface area contributed by atoms with Crippen LogP contribution >= 0.6 is 0 Å². The highest BCUT2D eigenvalue weighted by atomic mass is 32.2. The number of sulfonamides is 1. The predicted octanol–water partition coefficient (Wildman–Crippen LogP) is -0.241. The van der Waals surface area contributed by atoms with Gasteiger partial charge in [-0.15, -0.1) is 0 Å². The van der Waals surface area contributed by atoms with Gasteiger partial charge in [-0.25, -0.2) is 8.42 Å². The van der Waals surface area contributed by atoms with Gasteiger partial charge in [0, 0.05) is 13.1 Å². The van der Waals surface area contributed by atoms with Gasteiger partial charge in [0.2, 0.25) is 15.9 Å². The summed E-state index contributed by atoms with van der Waals surface area (Å²) in [5, 5.41) is 4.77. The quantitative estimate of drug-likeness (QED) is 0.706. The molecule has 0 saturated carbocycles. The van der Waals surface area contributed by atoms with Crippen LogP contribution in [0.4, 0.5) is 0 Å². The molecule has 2 saturated heterocycles. The molecule has 0 aromatic carbocycles. The van der Waals surface area contributed by atoms with Crippen LogP contribution in [0.3, 0.4) is 0 Å². The lowest BCUT2D eigenvalue weighted by molar-refractivity contribution is -0.163. The average Bonchev–Trinajstić information content (AvgIpc) is 3.20. The zero-order valence-corrected chi connectivity index (χ0v) is 16.5. The molecule has 2 aliphatic heterocycles. The SMILES string of the molecule is Cc1ccc(CNC(=O)[C@H]2CN(S(=O)(=O)C(C)C)C[C@@]23OCCNC3=O)o1. The van der Waals surface area contributed by atoms with E-state index in [0.717, 1.165) is 5.76 Å². The van der Waals surface area contributed by atoms with Gasteiger partial charge in [0.1, 0.15) is 11.5 Å². The number of rotatable bonds is 5. The van der Waals surface area contributed by atoms with Crippen molar-refractivity contribution in [3.8, 4) is 0 Å². The van der Waals surface area contributed by atoms with Crippen molar-refractivity contribution in [2.24, 2.45) is 5.92 Å². The Morgan fingerprint density at radius 1 is 1.44 bits per heavy atom. The second kappa shape index (κ2) is 7.25. The number of carbonyl (C=O) groups excluding carboxylic acids is 2. The van der Waals surface area contributed by atoms with Crippen LogP contribution in [0.5, 0.6) is 0 Å². The molecule has 0 aliphatic carbocycles. The maximum atomic E-state index is 12.9. The van der Waals surface area contributed by atoms with Crippen LogP contribution in [0.2, 0.25) is 0 Å². The second-order valence-corrected chi connectivity index (χ2v) is 9.65. The molecular weight excluding hydrogens is 374 g/mol. The van der Waals surface area contributed by atoms with Gasteiger partial charge in [0.25, 0.3) is 5.91 Å². The Bertz CT molecular complexity index is 833. The van der Waals surface area contributed by atoms with Crippen molar-refractivity contribution in [3.63, 3.8) is 0 Å². The molecule has 2 atom stereocenters. The van der Waals surface area contributed by atoms with Gasteiger partial charge >= 0.3 is 0 Å².